The number of rotatable bonds is 6. The fourth-order valence-electron chi connectivity index (χ4n) is 2.61. The van der Waals surface area contributed by atoms with Crippen LogP contribution in [0.3, 0.4) is 0 Å². The molecule has 0 aliphatic carbocycles. The monoisotopic (exact) mass is 383 g/mol. The Hall–Kier alpha value is -3.13. The summed E-state index contributed by atoms with van der Waals surface area (Å²) in [5.74, 6) is 0.0966. The Morgan fingerprint density at radius 1 is 1.26 bits per heavy atom. The summed E-state index contributed by atoms with van der Waals surface area (Å²) in [5.41, 5.74) is 1.86. The maximum Gasteiger partial charge on any atom is 0.296 e. The Labute approximate surface area is 159 Å². The van der Waals surface area contributed by atoms with E-state index < -0.39 is 4.92 Å². The van der Waals surface area contributed by atoms with E-state index in [0.29, 0.717) is 5.75 Å². The fourth-order valence-corrected chi connectivity index (χ4v) is 3.39. The molecule has 1 N–H and O–H groups in total. The van der Waals surface area contributed by atoms with E-state index in [-0.39, 0.29) is 23.0 Å². The maximum absolute atomic E-state index is 12.3. The number of hydrogen-bond donors (Lipinski definition) is 1. The van der Waals surface area contributed by atoms with Gasteiger partial charge in [-0.2, -0.15) is 0 Å². The van der Waals surface area contributed by atoms with Gasteiger partial charge in [-0.3, -0.25) is 14.9 Å². The van der Waals surface area contributed by atoms with Crippen LogP contribution in [0, 0.1) is 17.0 Å². The first kappa shape index (κ1) is 18.7. The summed E-state index contributed by atoms with van der Waals surface area (Å²) in [6.07, 6.45) is 0. The average molecular weight is 383 g/mol. The summed E-state index contributed by atoms with van der Waals surface area (Å²) in [6, 6.07) is 14.0. The van der Waals surface area contributed by atoms with Gasteiger partial charge in [-0.05, 0) is 36.8 Å². The number of nitro groups is 1. The minimum absolute atomic E-state index is 0.0912. The number of nitro benzene ring substituents is 1. The number of nitrogens with one attached hydrogen (secondary N) is 1. The highest BCUT2D eigenvalue weighted by molar-refractivity contribution is 7.99. The van der Waals surface area contributed by atoms with Crippen molar-refractivity contribution in [2.24, 2.45) is 0 Å². The van der Waals surface area contributed by atoms with E-state index in [2.05, 4.69) is 10.3 Å². The van der Waals surface area contributed by atoms with Gasteiger partial charge in [0.1, 0.15) is 11.4 Å². The number of pyridine rings is 1. The zero-order valence-electron chi connectivity index (χ0n) is 14.8. The van der Waals surface area contributed by atoms with Crippen LogP contribution in [0.1, 0.15) is 5.56 Å². The number of carbonyl (C=O) groups is 1. The number of aromatic nitrogens is 1. The number of benzene rings is 2. The molecule has 0 saturated carbocycles. The van der Waals surface area contributed by atoms with Crippen molar-refractivity contribution in [2.75, 3.05) is 18.2 Å². The normalized spacial score (nSPS) is 10.6. The molecule has 1 amide bonds. The lowest BCUT2D eigenvalue weighted by Crippen LogP contribution is -2.15. The van der Waals surface area contributed by atoms with Gasteiger partial charge in [0.05, 0.1) is 34.4 Å². The highest BCUT2D eigenvalue weighted by atomic mass is 32.2. The molecule has 0 spiro atoms. The van der Waals surface area contributed by atoms with E-state index in [1.165, 1.54) is 31.0 Å². The SMILES string of the molecule is COc1ccc(NC(=O)CSc2cc(C)c3ccccc3n2)c([N+](=O)[O-])c1. The Bertz CT molecular complexity index is 1020. The molecular formula is C19H17N3O4S. The van der Waals surface area contributed by atoms with Gasteiger partial charge < -0.3 is 10.1 Å². The molecular weight excluding hydrogens is 366 g/mol. The molecule has 7 nitrogen and oxygen atoms in total. The summed E-state index contributed by atoms with van der Waals surface area (Å²) in [4.78, 5) is 27.4. The minimum atomic E-state index is -0.556. The van der Waals surface area contributed by atoms with Gasteiger partial charge in [0.15, 0.2) is 0 Å². The van der Waals surface area contributed by atoms with Gasteiger partial charge in [0.25, 0.3) is 5.69 Å². The molecule has 0 saturated heterocycles. The lowest BCUT2D eigenvalue weighted by molar-refractivity contribution is -0.384. The average Bonchev–Trinajstić information content (AvgIpc) is 2.66. The van der Waals surface area contributed by atoms with E-state index in [1.807, 2.05) is 37.3 Å². The van der Waals surface area contributed by atoms with Crippen molar-refractivity contribution in [3.05, 3.63) is 64.2 Å². The van der Waals surface area contributed by atoms with Crippen LogP contribution in [0.15, 0.2) is 53.6 Å². The Morgan fingerprint density at radius 2 is 2.04 bits per heavy atom. The number of ether oxygens (including phenoxy) is 1. The largest absolute Gasteiger partial charge is 0.496 e. The van der Waals surface area contributed by atoms with Crippen molar-refractivity contribution in [3.8, 4) is 5.75 Å². The van der Waals surface area contributed by atoms with Gasteiger partial charge in [-0.15, -0.1) is 0 Å². The number of amides is 1. The first-order chi connectivity index (χ1) is 13.0. The molecule has 1 aromatic heterocycles. The van der Waals surface area contributed by atoms with Crippen LogP contribution in [-0.4, -0.2) is 28.7 Å². The van der Waals surface area contributed by atoms with Crippen LogP contribution in [-0.2, 0) is 4.79 Å². The third-order valence-electron chi connectivity index (χ3n) is 3.93. The van der Waals surface area contributed by atoms with Crippen LogP contribution in [0.4, 0.5) is 11.4 Å². The number of nitrogens with zero attached hydrogens (tertiary/aromatic N) is 2. The van der Waals surface area contributed by atoms with Crippen molar-refractivity contribution in [2.45, 2.75) is 11.9 Å². The second kappa shape index (κ2) is 8.05. The van der Waals surface area contributed by atoms with E-state index in [4.69, 9.17) is 4.74 Å². The molecule has 0 aliphatic heterocycles. The lowest BCUT2D eigenvalue weighted by Gasteiger charge is -2.08. The van der Waals surface area contributed by atoms with Crippen LogP contribution in [0.2, 0.25) is 0 Å². The van der Waals surface area contributed by atoms with Gasteiger partial charge in [0, 0.05) is 5.39 Å². The second-order valence-electron chi connectivity index (χ2n) is 5.77. The third kappa shape index (κ3) is 4.35. The second-order valence-corrected chi connectivity index (χ2v) is 6.77. The van der Waals surface area contributed by atoms with Gasteiger partial charge in [0.2, 0.25) is 5.91 Å². The smallest absolute Gasteiger partial charge is 0.296 e. The predicted molar refractivity (Wildman–Crippen MR) is 105 cm³/mol. The molecule has 2 aromatic carbocycles. The highest BCUT2D eigenvalue weighted by Gasteiger charge is 2.17. The molecule has 138 valence electrons. The molecule has 0 radical (unpaired) electrons. The van der Waals surface area contributed by atoms with Gasteiger partial charge >= 0.3 is 0 Å². The number of carbonyl (C=O) groups excluding carboxylic acids is 1. The fraction of sp³-hybridized carbons (Fsp3) is 0.158. The number of fused-ring (bicyclic) bond motifs is 1. The molecule has 0 atom stereocenters. The molecule has 27 heavy (non-hydrogen) atoms. The summed E-state index contributed by atoms with van der Waals surface area (Å²) < 4.78 is 4.99. The van der Waals surface area contributed by atoms with E-state index in [1.54, 1.807) is 6.07 Å². The molecule has 8 heteroatoms. The van der Waals surface area contributed by atoms with Crippen LogP contribution in [0.25, 0.3) is 10.9 Å². The minimum Gasteiger partial charge on any atom is -0.496 e. The third-order valence-corrected chi connectivity index (χ3v) is 4.84. The van der Waals surface area contributed by atoms with E-state index >= 15 is 0 Å². The molecule has 3 rings (SSSR count). The summed E-state index contributed by atoms with van der Waals surface area (Å²) in [5, 5.41) is 15.6. The van der Waals surface area contributed by atoms with Crippen LogP contribution >= 0.6 is 11.8 Å². The quantitative estimate of drug-likeness (QED) is 0.390. The van der Waals surface area contributed by atoms with Crippen molar-refractivity contribution in [1.82, 2.24) is 4.98 Å². The number of hydrogen-bond acceptors (Lipinski definition) is 6. The standard InChI is InChI=1S/C19H17N3O4S/c1-12-9-19(21-15-6-4-3-5-14(12)15)27-11-18(23)20-16-8-7-13(26-2)10-17(16)22(24)25/h3-10H,11H2,1-2H3,(H,20,23). The Balaban J connectivity index is 1.71. The summed E-state index contributed by atoms with van der Waals surface area (Å²) in [6.45, 7) is 1.99. The number of methoxy groups -OCH3 is 1. The van der Waals surface area contributed by atoms with Crippen LogP contribution < -0.4 is 10.1 Å². The zero-order valence-corrected chi connectivity index (χ0v) is 15.6. The Morgan fingerprint density at radius 3 is 2.78 bits per heavy atom. The first-order valence-electron chi connectivity index (χ1n) is 8.09. The van der Waals surface area contributed by atoms with Crippen molar-refractivity contribution in [3.63, 3.8) is 0 Å². The maximum atomic E-state index is 12.3. The number of anilines is 1. The lowest BCUT2D eigenvalue weighted by atomic mass is 10.1. The molecule has 3 aromatic rings. The van der Waals surface area contributed by atoms with Crippen LogP contribution in [0.5, 0.6) is 5.75 Å². The van der Waals surface area contributed by atoms with E-state index in [9.17, 15) is 14.9 Å². The van der Waals surface area contributed by atoms with Gasteiger partial charge in [-0.25, -0.2) is 4.98 Å². The van der Waals surface area contributed by atoms with Crippen molar-refractivity contribution >= 4 is 39.9 Å². The van der Waals surface area contributed by atoms with Crippen molar-refractivity contribution in [1.29, 1.82) is 0 Å². The van der Waals surface area contributed by atoms with E-state index in [0.717, 1.165) is 21.5 Å². The first-order valence-corrected chi connectivity index (χ1v) is 9.08. The number of para-hydroxylation sites is 1. The predicted octanol–water partition coefficient (Wildman–Crippen LogP) is 4.19. The van der Waals surface area contributed by atoms with Gasteiger partial charge in [-0.1, -0.05) is 30.0 Å². The Kier molecular flexibility index (Phi) is 5.56. The number of thioether (sulfide) groups is 1. The molecule has 1 heterocycles. The number of aryl methyl sites for hydroxylation is 1. The zero-order chi connectivity index (χ0) is 19.4. The molecule has 0 bridgehead atoms. The summed E-state index contributed by atoms with van der Waals surface area (Å²) in [7, 11) is 1.42. The topological polar surface area (TPSA) is 94.4 Å². The molecule has 0 fully saturated rings. The molecule has 0 aliphatic rings. The highest BCUT2D eigenvalue weighted by Crippen LogP contribution is 2.29. The summed E-state index contributed by atoms with van der Waals surface area (Å²) >= 11 is 1.28. The molecule has 0 unspecified atom stereocenters. The van der Waals surface area contributed by atoms with Crippen molar-refractivity contribution < 1.29 is 14.5 Å².